The number of para-hydroxylation sites is 1. The van der Waals surface area contributed by atoms with E-state index in [1.165, 1.54) is 6.07 Å². The summed E-state index contributed by atoms with van der Waals surface area (Å²) in [4.78, 5) is 16.0. The molecule has 8 heteroatoms. The predicted molar refractivity (Wildman–Crippen MR) is 87.1 cm³/mol. The maximum absolute atomic E-state index is 12.4. The highest BCUT2D eigenvalue weighted by Gasteiger charge is 2.22. The lowest BCUT2D eigenvalue weighted by atomic mass is 10.2. The number of benzene rings is 1. The van der Waals surface area contributed by atoms with Crippen LogP contribution in [0.25, 0.3) is 0 Å². The first kappa shape index (κ1) is 18.0. The number of hydrogen-bond acceptors (Lipinski definition) is 3. The standard InChI is InChI=1S/C16H22F2N4O2/c1-2-19-16(21-10-14(23)22-12-7-8-12)20-9-11-5-3-4-6-13(11)24-15(17)18/h3-6,12,15H,2,7-10H2,1H3,(H,22,23)(H2,19,20,21). The van der Waals surface area contributed by atoms with E-state index in [9.17, 15) is 13.6 Å². The van der Waals surface area contributed by atoms with E-state index in [4.69, 9.17) is 0 Å². The maximum Gasteiger partial charge on any atom is 0.387 e. The van der Waals surface area contributed by atoms with Gasteiger partial charge in [-0.05, 0) is 25.8 Å². The zero-order valence-corrected chi connectivity index (χ0v) is 13.5. The molecule has 3 N–H and O–H groups in total. The van der Waals surface area contributed by atoms with Gasteiger partial charge >= 0.3 is 6.61 Å². The molecule has 0 saturated heterocycles. The Morgan fingerprint density at radius 2 is 2.08 bits per heavy atom. The zero-order chi connectivity index (χ0) is 17.4. The van der Waals surface area contributed by atoms with E-state index in [2.05, 4.69) is 25.7 Å². The van der Waals surface area contributed by atoms with Crippen LogP contribution in [0.15, 0.2) is 29.3 Å². The number of halogens is 2. The number of rotatable bonds is 8. The summed E-state index contributed by atoms with van der Waals surface area (Å²) in [6, 6.07) is 6.80. The average molecular weight is 340 g/mol. The molecule has 0 heterocycles. The van der Waals surface area contributed by atoms with Crippen molar-refractivity contribution in [2.24, 2.45) is 4.99 Å². The van der Waals surface area contributed by atoms with Crippen molar-refractivity contribution in [2.75, 3.05) is 13.1 Å². The van der Waals surface area contributed by atoms with E-state index >= 15 is 0 Å². The van der Waals surface area contributed by atoms with Gasteiger partial charge in [-0.25, -0.2) is 4.99 Å². The van der Waals surface area contributed by atoms with Gasteiger partial charge in [-0.15, -0.1) is 0 Å². The van der Waals surface area contributed by atoms with Gasteiger partial charge in [0.05, 0.1) is 13.1 Å². The number of carbonyl (C=O) groups is 1. The lowest BCUT2D eigenvalue weighted by Crippen LogP contribution is -2.43. The summed E-state index contributed by atoms with van der Waals surface area (Å²) in [6.07, 6.45) is 2.06. The van der Waals surface area contributed by atoms with Crippen LogP contribution in [0.2, 0.25) is 0 Å². The van der Waals surface area contributed by atoms with Crippen molar-refractivity contribution < 1.29 is 18.3 Å². The normalized spacial score (nSPS) is 14.4. The highest BCUT2D eigenvalue weighted by atomic mass is 19.3. The van der Waals surface area contributed by atoms with Crippen molar-refractivity contribution >= 4 is 11.9 Å². The van der Waals surface area contributed by atoms with Crippen molar-refractivity contribution in [3.63, 3.8) is 0 Å². The Hall–Kier alpha value is -2.38. The number of hydrogen-bond donors (Lipinski definition) is 3. The molecule has 0 aliphatic heterocycles. The summed E-state index contributed by atoms with van der Waals surface area (Å²) < 4.78 is 29.3. The quantitative estimate of drug-likeness (QED) is 0.497. The molecule has 0 atom stereocenters. The number of aliphatic imine (C=N–C) groups is 1. The topological polar surface area (TPSA) is 74.8 Å². The minimum absolute atomic E-state index is 0.0930. The van der Waals surface area contributed by atoms with Crippen LogP contribution < -0.4 is 20.7 Å². The fourth-order valence-electron chi connectivity index (χ4n) is 2.02. The molecule has 1 saturated carbocycles. The number of ether oxygens (including phenoxy) is 1. The molecule has 1 aliphatic rings. The SMILES string of the molecule is CCNC(=NCc1ccccc1OC(F)F)NCC(=O)NC1CC1. The average Bonchev–Trinajstić information content (AvgIpc) is 3.34. The second-order valence-electron chi connectivity index (χ2n) is 5.38. The van der Waals surface area contributed by atoms with Crippen LogP contribution in [-0.2, 0) is 11.3 Å². The fourth-order valence-corrected chi connectivity index (χ4v) is 2.02. The Labute approximate surface area is 139 Å². The monoisotopic (exact) mass is 340 g/mol. The summed E-state index contributed by atoms with van der Waals surface area (Å²) >= 11 is 0. The van der Waals surface area contributed by atoms with Crippen LogP contribution in [0, 0.1) is 0 Å². The van der Waals surface area contributed by atoms with Crippen molar-refractivity contribution in [1.82, 2.24) is 16.0 Å². The van der Waals surface area contributed by atoms with Crippen LogP contribution in [0.1, 0.15) is 25.3 Å². The van der Waals surface area contributed by atoms with Crippen molar-refractivity contribution in [3.8, 4) is 5.75 Å². The van der Waals surface area contributed by atoms with E-state index < -0.39 is 6.61 Å². The first-order valence-corrected chi connectivity index (χ1v) is 7.92. The third-order valence-corrected chi connectivity index (χ3v) is 3.30. The van der Waals surface area contributed by atoms with E-state index in [0.717, 1.165) is 12.8 Å². The van der Waals surface area contributed by atoms with Gasteiger partial charge in [0.25, 0.3) is 0 Å². The fraction of sp³-hybridized carbons (Fsp3) is 0.500. The Morgan fingerprint density at radius 3 is 2.75 bits per heavy atom. The third kappa shape index (κ3) is 6.39. The molecule has 2 rings (SSSR count). The molecular formula is C16H22F2N4O2. The van der Waals surface area contributed by atoms with Crippen molar-refractivity contribution in [3.05, 3.63) is 29.8 Å². The minimum atomic E-state index is -2.88. The Morgan fingerprint density at radius 1 is 1.33 bits per heavy atom. The molecular weight excluding hydrogens is 318 g/mol. The van der Waals surface area contributed by atoms with Crippen molar-refractivity contribution in [2.45, 2.75) is 39.0 Å². The van der Waals surface area contributed by atoms with E-state index in [1.54, 1.807) is 18.2 Å². The van der Waals surface area contributed by atoms with Crippen LogP contribution in [0.5, 0.6) is 5.75 Å². The molecule has 1 aromatic rings. The van der Waals surface area contributed by atoms with E-state index in [-0.39, 0.29) is 24.7 Å². The summed E-state index contributed by atoms with van der Waals surface area (Å²) in [5.74, 6) is 0.443. The van der Waals surface area contributed by atoms with Crippen LogP contribution in [0.4, 0.5) is 8.78 Å². The van der Waals surface area contributed by atoms with Gasteiger partial charge in [0.15, 0.2) is 5.96 Å². The summed E-state index contributed by atoms with van der Waals surface area (Å²) in [5, 5.41) is 8.80. The molecule has 0 unspecified atom stereocenters. The number of amides is 1. The molecule has 1 aromatic carbocycles. The molecule has 0 radical (unpaired) electrons. The van der Waals surface area contributed by atoms with Gasteiger partial charge in [0.2, 0.25) is 5.91 Å². The molecule has 1 fully saturated rings. The Kier molecular flexibility index (Phi) is 6.77. The van der Waals surface area contributed by atoms with Crippen LogP contribution in [-0.4, -0.2) is 37.6 Å². The molecule has 0 spiro atoms. The lowest BCUT2D eigenvalue weighted by Gasteiger charge is -2.12. The number of carbonyl (C=O) groups excluding carboxylic acids is 1. The van der Waals surface area contributed by atoms with Crippen molar-refractivity contribution in [1.29, 1.82) is 0 Å². The van der Waals surface area contributed by atoms with Crippen LogP contribution >= 0.6 is 0 Å². The largest absolute Gasteiger partial charge is 0.434 e. The second-order valence-corrected chi connectivity index (χ2v) is 5.38. The number of nitrogens with zero attached hydrogens (tertiary/aromatic N) is 1. The molecule has 0 bridgehead atoms. The van der Waals surface area contributed by atoms with E-state index in [1.807, 2.05) is 6.92 Å². The smallest absolute Gasteiger partial charge is 0.387 e. The van der Waals surface area contributed by atoms with Crippen LogP contribution in [0.3, 0.4) is 0 Å². The molecule has 24 heavy (non-hydrogen) atoms. The van der Waals surface area contributed by atoms with Gasteiger partial charge in [0, 0.05) is 18.2 Å². The number of nitrogens with one attached hydrogen (secondary N) is 3. The predicted octanol–water partition coefficient (Wildman–Crippen LogP) is 1.62. The lowest BCUT2D eigenvalue weighted by molar-refractivity contribution is -0.120. The molecule has 6 nitrogen and oxygen atoms in total. The van der Waals surface area contributed by atoms with Gasteiger partial charge in [-0.2, -0.15) is 8.78 Å². The number of alkyl halides is 2. The molecule has 1 amide bonds. The first-order valence-electron chi connectivity index (χ1n) is 7.92. The number of guanidine groups is 1. The highest BCUT2D eigenvalue weighted by Crippen LogP contribution is 2.21. The van der Waals surface area contributed by atoms with Gasteiger partial charge in [-0.1, -0.05) is 18.2 Å². The summed E-state index contributed by atoms with van der Waals surface area (Å²) in [6.45, 7) is -0.104. The first-order chi connectivity index (χ1) is 11.6. The molecule has 1 aliphatic carbocycles. The zero-order valence-electron chi connectivity index (χ0n) is 13.5. The third-order valence-electron chi connectivity index (χ3n) is 3.30. The maximum atomic E-state index is 12.4. The van der Waals surface area contributed by atoms with Gasteiger partial charge in [-0.3, -0.25) is 4.79 Å². The molecule has 132 valence electrons. The van der Waals surface area contributed by atoms with Gasteiger partial charge < -0.3 is 20.7 Å². The highest BCUT2D eigenvalue weighted by molar-refractivity contribution is 5.86. The minimum Gasteiger partial charge on any atom is -0.434 e. The molecule has 0 aromatic heterocycles. The van der Waals surface area contributed by atoms with E-state index in [0.29, 0.717) is 24.1 Å². The Bertz CT molecular complexity index is 577. The Balaban J connectivity index is 1.93. The van der Waals surface area contributed by atoms with Gasteiger partial charge in [0.1, 0.15) is 5.75 Å². The summed E-state index contributed by atoms with van der Waals surface area (Å²) in [5.41, 5.74) is 0.539. The second kappa shape index (κ2) is 9.05. The summed E-state index contributed by atoms with van der Waals surface area (Å²) in [7, 11) is 0.